The van der Waals surface area contributed by atoms with Gasteiger partial charge in [-0.3, -0.25) is 0 Å². The third-order valence-electron chi connectivity index (χ3n) is 1.11. The summed E-state index contributed by atoms with van der Waals surface area (Å²) < 4.78 is 12.3. The summed E-state index contributed by atoms with van der Waals surface area (Å²) in [4.78, 5) is 4.44. The maximum Gasteiger partial charge on any atom is 0.131 e. The van der Waals surface area contributed by atoms with Gasteiger partial charge in [0.15, 0.2) is 0 Å². The Morgan fingerprint density at radius 1 is 1.64 bits per heavy atom. The van der Waals surface area contributed by atoms with Crippen molar-refractivity contribution >= 4 is 6.21 Å². The topological polar surface area (TPSA) is 21.6 Å². The van der Waals surface area contributed by atoms with Crippen LogP contribution in [0.2, 0.25) is 0 Å². The second-order valence-electron chi connectivity index (χ2n) is 1.89. The fourth-order valence-electron chi connectivity index (χ4n) is 0.612. The average Bonchev–Trinajstić information content (AvgIpc) is 2.04. The number of hydrogen-bond acceptors (Lipinski definition) is 2. The molecule has 0 aliphatic carbocycles. The smallest absolute Gasteiger partial charge is 0.131 e. The molecule has 0 aliphatic heterocycles. The van der Waals surface area contributed by atoms with Gasteiger partial charge in [0.05, 0.1) is 6.21 Å². The van der Waals surface area contributed by atoms with Crippen LogP contribution >= 0.6 is 0 Å². The molecule has 0 aromatic heterocycles. The Hall–Kier alpha value is -1.38. The maximum absolute atomic E-state index is 12.3. The van der Waals surface area contributed by atoms with E-state index in [0.29, 0.717) is 0 Å². The van der Waals surface area contributed by atoms with E-state index in [2.05, 4.69) is 16.1 Å². The highest BCUT2D eigenvalue weighted by atomic mass is 19.1. The van der Waals surface area contributed by atoms with Crippen LogP contribution < -0.4 is 0 Å². The average molecular weight is 152 g/mol. The van der Waals surface area contributed by atoms with Crippen molar-refractivity contribution in [1.82, 2.24) is 0 Å². The number of rotatable bonds is 2. The Morgan fingerprint density at radius 3 is 3.00 bits per heavy atom. The Morgan fingerprint density at radius 2 is 2.45 bits per heavy atom. The summed E-state index contributed by atoms with van der Waals surface area (Å²) in [6.07, 6.45) is 1.48. The van der Waals surface area contributed by atoms with E-state index in [0.717, 1.165) is 5.56 Å². The summed E-state index contributed by atoms with van der Waals surface area (Å²) in [5, 5.41) is 3.50. The summed E-state index contributed by atoms with van der Waals surface area (Å²) in [7, 11) is 1.45. The van der Waals surface area contributed by atoms with Crippen molar-refractivity contribution in [3.8, 4) is 0 Å². The Bertz CT molecular complexity index is 243. The van der Waals surface area contributed by atoms with E-state index in [1.807, 2.05) is 0 Å². The van der Waals surface area contributed by atoms with E-state index in [4.69, 9.17) is 0 Å². The Labute approximate surface area is 64.3 Å². The van der Waals surface area contributed by atoms with Gasteiger partial charge < -0.3 is 4.84 Å². The molecule has 0 unspecified atom stereocenters. The van der Waals surface area contributed by atoms with Gasteiger partial charge in [-0.25, -0.2) is 4.39 Å². The highest BCUT2D eigenvalue weighted by molar-refractivity contribution is 5.78. The molecule has 1 aromatic rings. The molecule has 1 aromatic carbocycles. The molecule has 1 rings (SSSR count). The fraction of sp³-hybridized carbons (Fsp3) is 0.125. The van der Waals surface area contributed by atoms with Crippen LogP contribution in [0.25, 0.3) is 0 Å². The van der Waals surface area contributed by atoms with Crippen molar-refractivity contribution in [3.05, 3.63) is 35.6 Å². The molecule has 0 amide bonds. The first-order chi connectivity index (χ1) is 5.33. The van der Waals surface area contributed by atoms with E-state index in [1.54, 1.807) is 6.07 Å². The molecule has 0 bridgehead atoms. The molecule has 0 fully saturated rings. The van der Waals surface area contributed by atoms with Gasteiger partial charge in [-0.15, -0.1) is 0 Å². The quantitative estimate of drug-likeness (QED) is 0.466. The fourth-order valence-corrected chi connectivity index (χ4v) is 0.612. The predicted molar refractivity (Wildman–Crippen MR) is 39.8 cm³/mol. The molecular formula is C8H7FNO. The van der Waals surface area contributed by atoms with Crippen LogP contribution in [-0.4, -0.2) is 13.3 Å². The van der Waals surface area contributed by atoms with Crippen LogP contribution in [0.5, 0.6) is 0 Å². The number of hydrogen-bond donors (Lipinski definition) is 0. The van der Waals surface area contributed by atoms with Crippen LogP contribution in [0.1, 0.15) is 5.56 Å². The molecule has 2 nitrogen and oxygen atoms in total. The van der Waals surface area contributed by atoms with Gasteiger partial charge >= 0.3 is 0 Å². The highest BCUT2D eigenvalue weighted by Gasteiger charge is 1.88. The van der Waals surface area contributed by atoms with Gasteiger partial charge in [0.2, 0.25) is 0 Å². The number of oxime groups is 1. The maximum atomic E-state index is 12.3. The third kappa shape index (κ3) is 2.37. The van der Waals surface area contributed by atoms with Crippen molar-refractivity contribution in [1.29, 1.82) is 0 Å². The first-order valence-electron chi connectivity index (χ1n) is 3.06. The van der Waals surface area contributed by atoms with Crippen molar-refractivity contribution in [2.24, 2.45) is 5.16 Å². The first-order valence-corrected chi connectivity index (χ1v) is 3.06. The van der Waals surface area contributed by atoms with E-state index < -0.39 is 0 Å². The molecule has 0 N–H and O–H groups in total. The van der Waals surface area contributed by atoms with Crippen molar-refractivity contribution in [3.63, 3.8) is 0 Å². The molecular weight excluding hydrogens is 145 g/mol. The standard InChI is InChI=1S/C8H7FNO/c1-11-10-6-7-2-4-8(9)5-3-7/h2-4,6H,1H3. The molecule has 0 aliphatic rings. The lowest BCUT2D eigenvalue weighted by Crippen LogP contribution is -1.82. The highest BCUT2D eigenvalue weighted by Crippen LogP contribution is 1.98. The van der Waals surface area contributed by atoms with Gasteiger partial charge in [-0.1, -0.05) is 11.2 Å². The summed E-state index contributed by atoms with van der Waals surface area (Å²) in [6.45, 7) is 0. The Balaban J connectivity index is 2.73. The minimum absolute atomic E-state index is 0.375. The SMILES string of the molecule is CON=Cc1c[c]c(F)cc1. The predicted octanol–water partition coefficient (Wildman–Crippen LogP) is 1.61. The zero-order chi connectivity index (χ0) is 8.10. The van der Waals surface area contributed by atoms with Gasteiger partial charge in [-0.05, 0) is 17.7 Å². The molecule has 0 heterocycles. The van der Waals surface area contributed by atoms with Crippen molar-refractivity contribution in [2.45, 2.75) is 0 Å². The molecule has 0 spiro atoms. The van der Waals surface area contributed by atoms with E-state index >= 15 is 0 Å². The normalized spacial score (nSPS) is 10.4. The van der Waals surface area contributed by atoms with Crippen molar-refractivity contribution in [2.75, 3.05) is 7.11 Å². The minimum Gasteiger partial charge on any atom is -0.399 e. The first kappa shape index (κ1) is 7.72. The zero-order valence-electron chi connectivity index (χ0n) is 6.04. The lowest BCUT2D eigenvalue weighted by molar-refractivity contribution is 0.215. The molecule has 0 atom stereocenters. The summed E-state index contributed by atoms with van der Waals surface area (Å²) in [5.74, 6) is -0.375. The zero-order valence-corrected chi connectivity index (χ0v) is 6.04. The van der Waals surface area contributed by atoms with Crippen LogP contribution in [0.15, 0.2) is 23.4 Å². The number of halogens is 1. The van der Waals surface area contributed by atoms with E-state index in [9.17, 15) is 4.39 Å². The van der Waals surface area contributed by atoms with Gasteiger partial charge in [0, 0.05) is 6.07 Å². The summed E-state index contributed by atoms with van der Waals surface area (Å²) >= 11 is 0. The number of nitrogens with zero attached hydrogens (tertiary/aromatic N) is 1. The molecule has 57 valence electrons. The Kier molecular flexibility index (Phi) is 2.60. The van der Waals surface area contributed by atoms with Gasteiger partial charge in [-0.2, -0.15) is 0 Å². The molecule has 11 heavy (non-hydrogen) atoms. The lowest BCUT2D eigenvalue weighted by atomic mass is 10.2. The van der Waals surface area contributed by atoms with Crippen LogP contribution in [0.4, 0.5) is 4.39 Å². The van der Waals surface area contributed by atoms with Crippen LogP contribution in [0, 0.1) is 11.9 Å². The monoisotopic (exact) mass is 152 g/mol. The second-order valence-corrected chi connectivity index (χ2v) is 1.89. The molecule has 1 radical (unpaired) electrons. The van der Waals surface area contributed by atoms with Crippen molar-refractivity contribution < 1.29 is 9.23 Å². The third-order valence-corrected chi connectivity index (χ3v) is 1.11. The van der Waals surface area contributed by atoms with E-state index in [-0.39, 0.29) is 5.82 Å². The molecule has 3 heteroatoms. The van der Waals surface area contributed by atoms with Gasteiger partial charge in [0.1, 0.15) is 12.9 Å². The van der Waals surface area contributed by atoms with Crippen LogP contribution in [-0.2, 0) is 4.84 Å². The second kappa shape index (κ2) is 3.71. The largest absolute Gasteiger partial charge is 0.399 e. The minimum atomic E-state index is -0.375. The van der Waals surface area contributed by atoms with Gasteiger partial charge in [0.25, 0.3) is 0 Å². The lowest BCUT2D eigenvalue weighted by Gasteiger charge is -1.90. The summed E-state index contributed by atoms with van der Waals surface area (Å²) in [5.41, 5.74) is 0.758. The van der Waals surface area contributed by atoms with Crippen LogP contribution in [0.3, 0.4) is 0 Å². The number of benzene rings is 1. The molecule has 0 saturated heterocycles. The van der Waals surface area contributed by atoms with E-state index in [1.165, 1.54) is 25.5 Å². The summed E-state index contributed by atoms with van der Waals surface area (Å²) in [6, 6.07) is 6.80. The molecule has 0 saturated carbocycles.